The molecule has 0 atom stereocenters. The molecule has 0 saturated heterocycles. The molecule has 0 bridgehead atoms. The number of rotatable bonds is 5. The number of benzene rings is 1. The zero-order valence-electron chi connectivity index (χ0n) is 8.14. The van der Waals surface area contributed by atoms with Gasteiger partial charge in [0.2, 0.25) is 6.54 Å². The third kappa shape index (κ3) is 4.09. The van der Waals surface area contributed by atoms with Crippen LogP contribution in [0.3, 0.4) is 0 Å². The molecule has 0 saturated carbocycles. The van der Waals surface area contributed by atoms with Crippen LogP contribution in [-0.2, 0) is 0 Å². The summed E-state index contributed by atoms with van der Waals surface area (Å²) in [5, 5.41) is 21.6. The molecule has 0 heterocycles. The number of nitro groups is 1. The van der Waals surface area contributed by atoms with Crippen molar-refractivity contribution in [2.24, 2.45) is 0 Å². The second kappa shape index (κ2) is 5.60. The van der Waals surface area contributed by atoms with Crippen LogP contribution >= 0.6 is 0 Å². The minimum Gasteiger partial charge on any atom is -0.385 e. The molecule has 0 aromatic heterocycles. The van der Waals surface area contributed by atoms with Gasteiger partial charge in [0.15, 0.2) is 0 Å². The molecule has 0 radical (unpaired) electrons. The molecule has 0 aliphatic rings. The highest BCUT2D eigenvalue weighted by atomic mass is 16.6. The van der Waals surface area contributed by atoms with Gasteiger partial charge in [-0.3, -0.25) is 10.1 Å². The molecule has 1 rings (SSSR count). The smallest absolute Gasteiger partial charge is 0.205 e. The number of anilines is 1. The van der Waals surface area contributed by atoms with Crippen molar-refractivity contribution in [3.05, 3.63) is 39.9 Å². The maximum absolute atomic E-state index is 10.0. The predicted molar refractivity (Wildman–Crippen MR) is 56.1 cm³/mol. The molecular formula is C10H11N3O2. The van der Waals surface area contributed by atoms with Crippen molar-refractivity contribution in [1.82, 2.24) is 0 Å². The van der Waals surface area contributed by atoms with Crippen LogP contribution in [0.5, 0.6) is 0 Å². The van der Waals surface area contributed by atoms with Gasteiger partial charge in [-0.15, -0.1) is 0 Å². The summed E-state index contributed by atoms with van der Waals surface area (Å²) in [4.78, 5) is 9.70. The van der Waals surface area contributed by atoms with Crippen LogP contribution in [0.15, 0.2) is 24.3 Å². The summed E-state index contributed by atoms with van der Waals surface area (Å²) in [6.07, 6.45) is 0.493. The van der Waals surface area contributed by atoms with E-state index in [1.165, 1.54) is 0 Å². The Morgan fingerprint density at radius 1 is 1.40 bits per heavy atom. The standard InChI is InChI=1S/C10H11N3O2/c11-8-9-2-4-10(5-3-9)12-6-1-7-13(14)15/h2-5,12H,1,6-7H2. The lowest BCUT2D eigenvalue weighted by atomic mass is 10.2. The van der Waals surface area contributed by atoms with Crippen molar-refractivity contribution in [3.63, 3.8) is 0 Å². The van der Waals surface area contributed by atoms with Gasteiger partial charge in [-0.2, -0.15) is 5.26 Å². The van der Waals surface area contributed by atoms with Gasteiger partial charge in [-0.25, -0.2) is 0 Å². The van der Waals surface area contributed by atoms with E-state index < -0.39 is 0 Å². The van der Waals surface area contributed by atoms with E-state index in [0.29, 0.717) is 18.5 Å². The number of hydrogen-bond donors (Lipinski definition) is 1. The van der Waals surface area contributed by atoms with E-state index in [-0.39, 0.29) is 11.5 Å². The first-order valence-corrected chi connectivity index (χ1v) is 4.58. The van der Waals surface area contributed by atoms with Crippen LogP contribution < -0.4 is 5.32 Å². The Labute approximate surface area is 87.5 Å². The zero-order chi connectivity index (χ0) is 11.1. The molecule has 0 unspecified atom stereocenters. The Hall–Kier alpha value is -2.09. The third-order valence-corrected chi connectivity index (χ3v) is 1.86. The van der Waals surface area contributed by atoms with E-state index in [1.807, 2.05) is 6.07 Å². The Kier molecular flexibility index (Phi) is 4.10. The molecule has 1 N–H and O–H groups in total. The van der Waals surface area contributed by atoms with Gasteiger partial charge in [0.25, 0.3) is 0 Å². The molecular weight excluding hydrogens is 194 g/mol. The van der Waals surface area contributed by atoms with E-state index in [4.69, 9.17) is 5.26 Å². The average molecular weight is 205 g/mol. The second-order valence-electron chi connectivity index (χ2n) is 3.03. The van der Waals surface area contributed by atoms with Crippen LogP contribution in [0, 0.1) is 21.4 Å². The van der Waals surface area contributed by atoms with Crippen molar-refractivity contribution in [3.8, 4) is 6.07 Å². The fraction of sp³-hybridized carbons (Fsp3) is 0.300. The highest BCUT2D eigenvalue weighted by molar-refractivity contribution is 5.46. The Balaban J connectivity index is 2.32. The van der Waals surface area contributed by atoms with E-state index in [1.54, 1.807) is 24.3 Å². The van der Waals surface area contributed by atoms with Crippen molar-refractivity contribution in [2.75, 3.05) is 18.4 Å². The van der Waals surface area contributed by atoms with Crippen molar-refractivity contribution in [2.45, 2.75) is 6.42 Å². The summed E-state index contributed by atoms with van der Waals surface area (Å²) >= 11 is 0. The lowest BCUT2D eigenvalue weighted by Crippen LogP contribution is -2.08. The zero-order valence-corrected chi connectivity index (χ0v) is 8.14. The van der Waals surface area contributed by atoms with Crippen LogP contribution in [0.25, 0.3) is 0 Å². The Bertz CT molecular complexity index is 367. The minimum atomic E-state index is -0.333. The molecule has 78 valence electrons. The first kappa shape index (κ1) is 11.0. The topological polar surface area (TPSA) is 79.0 Å². The van der Waals surface area contributed by atoms with Gasteiger partial charge in [-0.05, 0) is 24.3 Å². The van der Waals surface area contributed by atoms with Crippen molar-refractivity contribution < 1.29 is 4.92 Å². The average Bonchev–Trinajstić information content (AvgIpc) is 2.25. The van der Waals surface area contributed by atoms with E-state index >= 15 is 0 Å². The van der Waals surface area contributed by atoms with Gasteiger partial charge in [0, 0.05) is 23.6 Å². The van der Waals surface area contributed by atoms with Gasteiger partial charge in [0.05, 0.1) is 11.6 Å². The molecule has 0 fully saturated rings. The highest BCUT2D eigenvalue weighted by Gasteiger charge is 1.97. The van der Waals surface area contributed by atoms with Gasteiger partial charge in [0.1, 0.15) is 0 Å². The Morgan fingerprint density at radius 3 is 2.60 bits per heavy atom. The summed E-state index contributed by atoms with van der Waals surface area (Å²) in [6, 6.07) is 8.99. The molecule has 15 heavy (non-hydrogen) atoms. The maximum Gasteiger partial charge on any atom is 0.205 e. The van der Waals surface area contributed by atoms with Crippen LogP contribution in [0.1, 0.15) is 12.0 Å². The summed E-state index contributed by atoms with van der Waals surface area (Å²) in [7, 11) is 0. The highest BCUT2D eigenvalue weighted by Crippen LogP contribution is 2.08. The van der Waals surface area contributed by atoms with Crippen molar-refractivity contribution in [1.29, 1.82) is 5.26 Å². The fourth-order valence-corrected chi connectivity index (χ4v) is 1.10. The molecule has 0 aliphatic heterocycles. The normalized spacial score (nSPS) is 9.27. The molecule has 1 aromatic carbocycles. The van der Waals surface area contributed by atoms with E-state index in [9.17, 15) is 10.1 Å². The number of nitrogens with zero attached hydrogens (tertiary/aromatic N) is 2. The van der Waals surface area contributed by atoms with E-state index in [0.717, 1.165) is 5.69 Å². The molecule has 1 aromatic rings. The van der Waals surface area contributed by atoms with Crippen molar-refractivity contribution >= 4 is 5.69 Å². The summed E-state index contributed by atoms with van der Waals surface area (Å²) in [6.45, 7) is 0.538. The van der Waals surface area contributed by atoms with Crippen LogP contribution in [0.4, 0.5) is 5.69 Å². The number of nitrogens with one attached hydrogen (secondary N) is 1. The first-order valence-electron chi connectivity index (χ1n) is 4.58. The molecule has 0 spiro atoms. The summed E-state index contributed by atoms with van der Waals surface area (Å²) < 4.78 is 0. The number of nitriles is 1. The first-order chi connectivity index (χ1) is 7.22. The molecule has 0 aliphatic carbocycles. The lowest BCUT2D eigenvalue weighted by molar-refractivity contribution is -0.479. The van der Waals surface area contributed by atoms with Gasteiger partial charge < -0.3 is 5.32 Å². The summed E-state index contributed by atoms with van der Waals surface area (Å²) in [5.41, 5.74) is 1.48. The van der Waals surface area contributed by atoms with Gasteiger partial charge in [-0.1, -0.05) is 0 Å². The van der Waals surface area contributed by atoms with Crippen LogP contribution in [0.2, 0.25) is 0 Å². The number of hydrogen-bond acceptors (Lipinski definition) is 4. The third-order valence-electron chi connectivity index (χ3n) is 1.86. The minimum absolute atomic E-state index is 0.0245. The molecule has 5 heteroatoms. The van der Waals surface area contributed by atoms with E-state index in [2.05, 4.69) is 5.32 Å². The quantitative estimate of drug-likeness (QED) is 0.450. The Morgan fingerprint density at radius 2 is 2.07 bits per heavy atom. The monoisotopic (exact) mass is 205 g/mol. The largest absolute Gasteiger partial charge is 0.385 e. The lowest BCUT2D eigenvalue weighted by Gasteiger charge is -2.03. The van der Waals surface area contributed by atoms with Gasteiger partial charge >= 0.3 is 0 Å². The predicted octanol–water partition coefficient (Wildman–Crippen LogP) is 1.64. The molecule has 0 amide bonds. The fourth-order valence-electron chi connectivity index (χ4n) is 1.10. The summed E-state index contributed by atoms with van der Waals surface area (Å²) in [5.74, 6) is 0. The maximum atomic E-state index is 10.0. The second-order valence-corrected chi connectivity index (χ2v) is 3.03. The van der Waals surface area contributed by atoms with Crippen LogP contribution in [-0.4, -0.2) is 18.0 Å². The SMILES string of the molecule is N#Cc1ccc(NCCC[N+](=O)[O-])cc1. The molecule has 5 nitrogen and oxygen atoms in total.